The molecule has 1 aromatic rings. The minimum absolute atomic E-state index is 0.0484. The van der Waals surface area contributed by atoms with Crippen LogP contribution >= 0.6 is 0 Å². The summed E-state index contributed by atoms with van der Waals surface area (Å²) in [5, 5.41) is 0. The smallest absolute Gasteiger partial charge is 0.169 e. The van der Waals surface area contributed by atoms with Crippen molar-refractivity contribution in [3.05, 3.63) is 29.6 Å². The second-order valence-corrected chi connectivity index (χ2v) is 7.31. The van der Waals surface area contributed by atoms with E-state index < -0.39 is 26.4 Å². The van der Waals surface area contributed by atoms with Gasteiger partial charge in [0.15, 0.2) is 21.4 Å². The molecule has 1 aromatic carbocycles. The lowest BCUT2D eigenvalue weighted by molar-refractivity contribution is 0.379. The van der Waals surface area contributed by atoms with Crippen LogP contribution in [0.15, 0.2) is 18.2 Å². The minimum atomic E-state index is -3.42. The molecule has 0 aliphatic heterocycles. The number of hydrogen-bond donors (Lipinski definition) is 1. The number of ether oxygens (including phenoxy) is 1. The van der Waals surface area contributed by atoms with Gasteiger partial charge in [-0.25, -0.2) is 12.8 Å². The third-order valence-electron chi connectivity index (χ3n) is 3.25. The van der Waals surface area contributed by atoms with Gasteiger partial charge in [0, 0.05) is 11.8 Å². The van der Waals surface area contributed by atoms with E-state index in [1.165, 1.54) is 33.1 Å². The molecular weight excluding hydrogens is 257 g/mol. The van der Waals surface area contributed by atoms with E-state index in [2.05, 4.69) is 0 Å². The SMILES string of the molecule is COc1cccc(C(N)C(C)(C)S(C)(=O)=O)c1F. The molecule has 0 saturated carbocycles. The van der Waals surface area contributed by atoms with Crippen molar-refractivity contribution in [3.8, 4) is 5.75 Å². The molecular formula is C12H18FNO3S. The summed E-state index contributed by atoms with van der Waals surface area (Å²) in [6.45, 7) is 2.96. The number of rotatable bonds is 4. The molecule has 0 heterocycles. The first kappa shape index (κ1) is 14.9. The Hall–Kier alpha value is -1.14. The van der Waals surface area contributed by atoms with Crippen LogP contribution in [0.1, 0.15) is 25.5 Å². The topological polar surface area (TPSA) is 69.4 Å². The lowest BCUT2D eigenvalue weighted by Gasteiger charge is -2.30. The highest BCUT2D eigenvalue weighted by atomic mass is 32.2. The molecule has 0 spiro atoms. The van der Waals surface area contributed by atoms with Gasteiger partial charge in [0.25, 0.3) is 0 Å². The molecule has 0 saturated heterocycles. The molecule has 1 atom stereocenters. The van der Waals surface area contributed by atoms with Crippen LogP contribution in [0.2, 0.25) is 0 Å². The second-order valence-electron chi connectivity index (χ2n) is 4.72. The van der Waals surface area contributed by atoms with Crippen LogP contribution in [-0.4, -0.2) is 26.5 Å². The Labute approximate surface area is 107 Å². The van der Waals surface area contributed by atoms with E-state index in [0.29, 0.717) is 0 Å². The highest BCUT2D eigenvalue weighted by Gasteiger charge is 2.39. The molecule has 0 aliphatic rings. The van der Waals surface area contributed by atoms with E-state index in [-0.39, 0.29) is 11.3 Å². The number of hydrogen-bond acceptors (Lipinski definition) is 4. The Balaban J connectivity index is 3.32. The fourth-order valence-electron chi connectivity index (χ4n) is 1.53. The van der Waals surface area contributed by atoms with Gasteiger partial charge in [-0.3, -0.25) is 0 Å². The van der Waals surface area contributed by atoms with Crippen LogP contribution in [0.25, 0.3) is 0 Å². The zero-order valence-electron chi connectivity index (χ0n) is 10.9. The van der Waals surface area contributed by atoms with E-state index in [1.807, 2.05) is 0 Å². The van der Waals surface area contributed by atoms with Crippen molar-refractivity contribution in [2.45, 2.75) is 24.6 Å². The molecule has 0 aromatic heterocycles. The number of benzene rings is 1. The van der Waals surface area contributed by atoms with Crippen LogP contribution in [0.4, 0.5) is 4.39 Å². The lowest BCUT2D eigenvalue weighted by Crippen LogP contribution is -2.42. The third kappa shape index (κ3) is 2.49. The molecule has 4 nitrogen and oxygen atoms in total. The van der Waals surface area contributed by atoms with E-state index in [0.717, 1.165) is 6.26 Å². The summed E-state index contributed by atoms with van der Waals surface area (Å²) >= 11 is 0. The van der Waals surface area contributed by atoms with Gasteiger partial charge in [0.2, 0.25) is 0 Å². The number of nitrogens with two attached hydrogens (primary N) is 1. The average molecular weight is 275 g/mol. The largest absolute Gasteiger partial charge is 0.494 e. The first-order valence-corrected chi connectivity index (χ1v) is 7.29. The summed E-state index contributed by atoms with van der Waals surface area (Å²) in [6, 6.07) is 3.53. The van der Waals surface area contributed by atoms with E-state index in [9.17, 15) is 12.8 Å². The quantitative estimate of drug-likeness (QED) is 0.907. The van der Waals surface area contributed by atoms with Crippen LogP contribution in [0.5, 0.6) is 5.75 Å². The van der Waals surface area contributed by atoms with Crippen molar-refractivity contribution in [1.29, 1.82) is 0 Å². The van der Waals surface area contributed by atoms with Crippen LogP contribution in [0.3, 0.4) is 0 Å². The fourth-order valence-corrected chi connectivity index (χ4v) is 2.12. The lowest BCUT2D eigenvalue weighted by atomic mass is 9.95. The predicted molar refractivity (Wildman–Crippen MR) is 68.8 cm³/mol. The van der Waals surface area contributed by atoms with Gasteiger partial charge in [-0.2, -0.15) is 0 Å². The third-order valence-corrected chi connectivity index (χ3v) is 5.42. The minimum Gasteiger partial charge on any atom is -0.494 e. The van der Waals surface area contributed by atoms with Crippen molar-refractivity contribution >= 4 is 9.84 Å². The molecule has 0 amide bonds. The highest BCUT2D eigenvalue weighted by Crippen LogP contribution is 2.33. The molecule has 1 unspecified atom stereocenters. The Morgan fingerprint density at radius 3 is 2.39 bits per heavy atom. The van der Waals surface area contributed by atoms with Gasteiger partial charge >= 0.3 is 0 Å². The maximum absolute atomic E-state index is 14.0. The number of methoxy groups -OCH3 is 1. The van der Waals surface area contributed by atoms with Crippen molar-refractivity contribution in [2.75, 3.05) is 13.4 Å². The highest BCUT2D eigenvalue weighted by molar-refractivity contribution is 7.92. The Kier molecular flexibility index (Phi) is 4.02. The summed E-state index contributed by atoms with van der Waals surface area (Å²) < 4.78 is 41.0. The number of sulfone groups is 1. The normalized spacial score (nSPS) is 14.3. The molecule has 18 heavy (non-hydrogen) atoms. The maximum atomic E-state index is 14.0. The van der Waals surface area contributed by atoms with E-state index >= 15 is 0 Å². The summed E-state index contributed by atoms with van der Waals surface area (Å²) in [5.41, 5.74) is 6.04. The fraction of sp³-hybridized carbons (Fsp3) is 0.500. The van der Waals surface area contributed by atoms with Gasteiger partial charge < -0.3 is 10.5 Å². The van der Waals surface area contributed by atoms with Crippen molar-refractivity contribution in [3.63, 3.8) is 0 Å². The van der Waals surface area contributed by atoms with Crippen molar-refractivity contribution in [1.82, 2.24) is 0 Å². The monoisotopic (exact) mass is 275 g/mol. The molecule has 102 valence electrons. The molecule has 2 N–H and O–H groups in total. The summed E-state index contributed by atoms with van der Waals surface area (Å²) in [4.78, 5) is 0. The standard InChI is InChI=1S/C12H18FNO3S/c1-12(2,18(4,15)16)11(14)8-6-5-7-9(17-3)10(8)13/h5-7,11H,14H2,1-4H3. The molecule has 0 fully saturated rings. The zero-order chi connectivity index (χ0) is 14.1. The van der Waals surface area contributed by atoms with E-state index in [4.69, 9.17) is 10.5 Å². The average Bonchev–Trinajstić information content (AvgIpc) is 2.27. The first-order chi connectivity index (χ1) is 8.13. The molecule has 0 radical (unpaired) electrons. The number of halogens is 1. The van der Waals surface area contributed by atoms with Crippen LogP contribution < -0.4 is 10.5 Å². The van der Waals surface area contributed by atoms with E-state index in [1.54, 1.807) is 6.07 Å². The van der Waals surface area contributed by atoms with Crippen LogP contribution in [0, 0.1) is 5.82 Å². The Morgan fingerprint density at radius 1 is 1.39 bits per heavy atom. The molecule has 6 heteroatoms. The van der Waals surface area contributed by atoms with Gasteiger partial charge in [0.1, 0.15) is 0 Å². The summed E-state index contributed by atoms with van der Waals surface area (Å²) in [7, 11) is -2.08. The van der Waals surface area contributed by atoms with Gasteiger partial charge in [-0.15, -0.1) is 0 Å². The predicted octanol–water partition coefficient (Wildman–Crippen LogP) is 1.66. The summed E-state index contributed by atoms with van der Waals surface area (Å²) in [6.07, 6.45) is 1.09. The zero-order valence-corrected chi connectivity index (χ0v) is 11.7. The summed E-state index contributed by atoms with van der Waals surface area (Å²) in [5.74, 6) is -0.573. The molecule has 0 bridgehead atoms. The van der Waals surface area contributed by atoms with Crippen molar-refractivity contribution in [2.24, 2.45) is 5.73 Å². The molecule has 0 aliphatic carbocycles. The second kappa shape index (κ2) is 4.85. The van der Waals surface area contributed by atoms with Crippen molar-refractivity contribution < 1.29 is 17.5 Å². The molecule has 1 rings (SSSR count). The van der Waals surface area contributed by atoms with Gasteiger partial charge in [0.05, 0.1) is 17.9 Å². The maximum Gasteiger partial charge on any atom is 0.169 e. The van der Waals surface area contributed by atoms with Gasteiger partial charge in [-0.1, -0.05) is 12.1 Å². The Bertz CT molecular complexity index is 540. The van der Waals surface area contributed by atoms with Gasteiger partial charge in [-0.05, 0) is 19.9 Å². The van der Waals surface area contributed by atoms with Crippen LogP contribution in [-0.2, 0) is 9.84 Å². The Morgan fingerprint density at radius 2 is 1.94 bits per heavy atom. The first-order valence-electron chi connectivity index (χ1n) is 5.40.